The minimum atomic E-state index is 0.0232. The molecule has 0 saturated carbocycles. The van der Waals surface area contributed by atoms with Gasteiger partial charge in [-0.2, -0.15) is 0 Å². The Morgan fingerprint density at radius 3 is 2.75 bits per heavy atom. The van der Waals surface area contributed by atoms with Gasteiger partial charge in [0.05, 0.1) is 12.1 Å². The van der Waals surface area contributed by atoms with E-state index >= 15 is 0 Å². The normalized spacial score (nSPS) is 32.1. The van der Waals surface area contributed by atoms with Crippen LogP contribution in [0.3, 0.4) is 0 Å². The molecule has 1 fully saturated rings. The van der Waals surface area contributed by atoms with Crippen molar-refractivity contribution in [3.63, 3.8) is 0 Å². The summed E-state index contributed by atoms with van der Waals surface area (Å²) in [6.07, 6.45) is 8.01. The molecule has 1 aliphatic rings. The Labute approximate surface area is 97.3 Å². The van der Waals surface area contributed by atoms with E-state index in [1.165, 1.54) is 0 Å². The second kappa shape index (κ2) is 5.33. The van der Waals surface area contributed by atoms with Crippen molar-refractivity contribution >= 4 is 5.78 Å². The van der Waals surface area contributed by atoms with Gasteiger partial charge >= 0.3 is 0 Å². The van der Waals surface area contributed by atoms with Crippen LogP contribution in [0.15, 0.2) is 0 Å². The first-order chi connectivity index (χ1) is 7.49. The molecule has 0 aromatic heterocycles. The first-order valence-corrected chi connectivity index (χ1v) is 5.58. The molecule has 0 spiro atoms. The predicted octanol–water partition coefficient (Wildman–Crippen LogP) is 0.785. The van der Waals surface area contributed by atoms with E-state index in [4.69, 9.17) is 11.3 Å². The average molecular weight is 224 g/mol. The lowest BCUT2D eigenvalue weighted by Crippen LogP contribution is -2.48. The van der Waals surface area contributed by atoms with Gasteiger partial charge < -0.3 is 4.84 Å². The minimum absolute atomic E-state index is 0.0232. The van der Waals surface area contributed by atoms with Crippen LogP contribution in [0.5, 0.6) is 0 Å². The van der Waals surface area contributed by atoms with Gasteiger partial charge in [0, 0.05) is 6.04 Å². The third kappa shape index (κ3) is 2.55. The molecular weight excluding hydrogens is 204 g/mol. The van der Waals surface area contributed by atoms with E-state index in [9.17, 15) is 4.79 Å². The van der Waals surface area contributed by atoms with Crippen LogP contribution in [-0.4, -0.2) is 35.9 Å². The van der Waals surface area contributed by atoms with Crippen molar-refractivity contribution in [3.05, 3.63) is 0 Å². The molecule has 0 amide bonds. The molecule has 1 aliphatic heterocycles. The van der Waals surface area contributed by atoms with Crippen LogP contribution in [-0.2, 0) is 9.63 Å². The Morgan fingerprint density at radius 1 is 1.69 bits per heavy atom. The van der Waals surface area contributed by atoms with E-state index in [1.54, 1.807) is 6.92 Å². The lowest BCUT2D eigenvalue weighted by molar-refractivity contribution is -0.121. The molecule has 0 aromatic rings. The Balaban J connectivity index is 2.67. The molecule has 1 N–H and O–H groups in total. The summed E-state index contributed by atoms with van der Waals surface area (Å²) in [5, 5.41) is 0. The zero-order valence-corrected chi connectivity index (χ0v) is 10.4. The van der Waals surface area contributed by atoms with E-state index in [0.29, 0.717) is 5.92 Å². The van der Waals surface area contributed by atoms with Gasteiger partial charge in [-0.25, -0.2) is 0 Å². The van der Waals surface area contributed by atoms with Crippen LogP contribution in [0.25, 0.3) is 0 Å². The Hall–Kier alpha value is -1.05. The van der Waals surface area contributed by atoms with Crippen molar-refractivity contribution in [2.75, 3.05) is 7.05 Å². The number of Topliss-reactive ketones (excluding diaryl/α,β-unsaturated/α-hetero) is 1. The lowest BCUT2D eigenvalue weighted by Gasteiger charge is -2.30. The Bertz CT molecular complexity index is 298. The van der Waals surface area contributed by atoms with Crippen LogP contribution in [0.1, 0.15) is 27.2 Å². The van der Waals surface area contributed by atoms with Gasteiger partial charge in [-0.1, -0.05) is 13.3 Å². The van der Waals surface area contributed by atoms with E-state index in [2.05, 4.69) is 23.4 Å². The summed E-state index contributed by atoms with van der Waals surface area (Å²) in [6.45, 7) is 5.81. The standard InChI is InChI=1S/C12H20N2O2/c1-6-16-13-9(3)12-8(2)7-11(10(4)15)14(12)5/h1,8-9,11-13H,7H2,2-5H3/t8-,9?,11-,12-/m1/s1. The molecule has 4 atom stereocenters. The summed E-state index contributed by atoms with van der Waals surface area (Å²) in [7, 11) is 1.98. The number of carbonyl (C=O) groups excluding carboxylic acids is 1. The quantitative estimate of drug-likeness (QED) is 0.566. The van der Waals surface area contributed by atoms with Crippen LogP contribution in [0, 0.1) is 18.4 Å². The molecule has 0 bridgehead atoms. The summed E-state index contributed by atoms with van der Waals surface area (Å²) in [5.74, 6) is 0.671. The highest BCUT2D eigenvalue weighted by Gasteiger charge is 2.41. The van der Waals surface area contributed by atoms with E-state index in [-0.39, 0.29) is 23.9 Å². The number of hydrogen-bond donors (Lipinski definition) is 1. The Kier molecular flexibility index (Phi) is 4.34. The zero-order chi connectivity index (χ0) is 12.3. The number of nitrogens with one attached hydrogen (secondary N) is 1. The van der Waals surface area contributed by atoms with Gasteiger partial charge in [0.2, 0.25) is 0 Å². The van der Waals surface area contributed by atoms with E-state index in [1.807, 2.05) is 14.0 Å². The third-order valence-electron chi connectivity index (χ3n) is 3.43. The molecule has 1 heterocycles. The second-order valence-electron chi connectivity index (χ2n) is 4.62. The van der Waals surface area contributed by atoms with Crippen molar-refractivity contribution in [3.8, 4) is 12.5 Å². The number of hydrogen-bond acceptors (Lipinski definition) is 4. The molecular formula is C12H20N2O2. The summed E-state index contributed by atoms with van der Waals surface area (Å²) in [4.78, 5) is 18.3. The first-order valence-electron chi connectivity index (χ1n) is 5.58. The molecule has 16 heavy (non-hydrogen) atoms. The average Bonchev–Trinajstić information content (AvgIpc) is 2.51. The third-order valence-corrected chi connectivity index (χ3v) is 3.43. The van der Waals surface area contributed by atoms with Gasteiger partial charge in [0.25, 0.3) is 0 Å². The number of hydroxylamine groups is 1. The first kappa shape index (κ1) is 13.0. The van der Waals surface area contributed by atoms with Crippen LogP contribution >= 0.6 is 0 Å². The number of rotatable bonds is 4. The number of carbonyl (C=O) groups is 1. The lowest BCUT2D eigenvalue weighted by atomic mass is 9.96. The number of ketones is 1. The van der Waals surface area contributed by atoms with E-state index < -0.39 is 0 Å². The zero-order valence-electron chi connectivity index (χ0n) is 10.4. The van der Waals surface area contributed by atoms with Gasteiger partial charge in [-0.3, -0.25) is 9.69 Å². The molecule has 0 radical (unpaired) electrons. The molecule has 1 saturated heterocycles. The van der Waals surface area contributed by atoms with Gasteiger partial charge in [-0.05, 0) is 33.2 Å². The maximum atomic E-state index is 11.5. The molecule has 1 rings (SSSR count). The fraction of sp³-hybridized carbons (Fsp3) is 0.750. The molecule has 4 heteroatoms. The van der Waals surface area contributed by atoms with Crippen molar-refractivity contribution in [2.24, 2.45) is 5.92 Å². The number of likely N-dealkylation sites (tertiary alicyclic amines) is 1. The molecule has 0 aromatic carbocycles. The maximum Gasteiger partial charge on any atom is 0.146 e. The minimum Gasteiger partial charge on any atom is -0.356 e. The van der Waals surface area contributed by atoms with Gasteiger partial charge in [0.1, 0.15) is 11.9 Å². The number of nitrogens with zero attached hydrogens (tertiary/aromatic N) is 1. The maximum absolute atomic E-state index is 11.5. The molecule has 0 aliphatic carbocycles. The fourth-order valence-electron chi connectivity index (χ4n) is 2.76. The number of terminal acetylenes is 1. The van der Waals surface area contributed by atoms with Gasteiger partial charge in [0.15, 0.2) is 0 Å². The topological polar surface area (TPSA) is 41.6 Å². The Morgan fingerprint density at radius 2 is 2.31 bits per heavy atom. The van der Waals surface area contributed by atoms with Crippen LogP contribution < -0.4 is 5.48 Å². The van der Waals surface area contributed by atoms with Crippen molar-refractivity contribution in [2.45, 2.75) is 45.3 Å². The van der Waals surface area contributed by atoms with Crippen molar-refractivity contribution in [1.82, 2.24) is 10.4 Å². The number of likely N-dealkylation sites (N-methyl/N-ethyl adjacent to an activating group) is 1. The van der Waals surface area contributed by atoms with Crippen molar-refractivity contribution in [1.29, 1.82) is 0 Å². The highest BCUT2D eigenvalue weighted by molar-refractivity contribution is 5.81. The molecule has 90 valence electrons. The molecule has 4 nitrogen and oxygen atoms in total. The van der Waals surface area contributed by atoms with Crippen molar-refractivity contribution < 1.29 is 9.63 Å². The highest BCUT2D eigenvalue weighted by atomic mass is 16.6. The monoisotopic (exact) mass is 224 g/mol. The van der Waals surface area contributed by atoms with Crippen LogP contribution in [0.4, 0.5) is 0 Å². The smallest absolute Gasteiger partial charge is 0.146 e. The largest absolute Gasteiger partial charge is 0.356 e. The summed E-state index contributed by atoms with van der Waals surface area (Å²) < 4.78 is 0. The highest BCUT2D eigenvalue weighted by Crippen LogP contribution is 2.30. The predicted molar refractivity (Wildman–Crippen MR) is 62.3 cm³/mol. The SMILES string of the molecule is C#CONC(C)[C@H]1[C@H](C)C[C@H](C(C)=O)N1C. The summed E-state index contributed by atoms with van der Waals surface area (Å²) >= 11 is 0. The fourth-order valence-corrected chi connectivity index (χ4v) is 2.76. The van der Waals surface area contributed by atoms with E-state index in [0.717, 1.165) is 6.42 Å². The summed E-state index contributed by atoms with van der Waals surface area (Å²) in [6, 6.07) is 0.387. The summed E-state index contributed by atoms with van der Waals surface area (Å²) in [5.41, 5.74) is 2.81. The molecule has 1 unspecified atom stereocenters. The second-order valence-corrected chi connectivity index (χ2v) is 4.62. The van der Waals surface area contributed by atoms with Gasteiger partial charge in [-0.15, -0.1) is 5.48 Å². The van der Waals surface area contributed by atoms with Crippen LogP contribution in [0.2, 0.25) is 0 Å².